The predicted molar refractivity (Wildman–Crippen MR) is 113 cm³/mol. The van der Waals surface area contributed by atoms with Crippen molar-refractivity contribution < 1.29 is 9.50 Å². The van der Waals surface area contributed by atoms with Crippen LogP contribution in [0.4, 0.5) is 10.1 Å². The van der Waals surface area contributed by atoms with Crippen molar-refractivity contribution in [2.24, 2.45) is 0 Å². The molecule has 0 spiro atoms. The number of hydrogen-bond acceptors (Lipinski definition) is 4. The van der Waals surface area contributed by atoms with E-state index in [4.69, 9.17) is 0 Å². The average Bonchev–Trinajstić information content (AvgIpc) is 2.76. The number of halogens is 1. The predicted octanol–water partition coefficient (Wildman–Crippen LogP) is 3.93. The molecule has 1 aliphatic rings. The summed E-state index contributed by atoms with van der Waals surface area (Å²) in [5, 5.41) is 10.9. The molecule has 1 atom stereocenters. The van der Waals surface area contributed by atoms with Crippen LogP contribution in [0, 0.1) is 12.7 Å². The van der Waals surface area contributed by atoms with Crippen molar-refractivity contribution in [3.63, 3.8) is 0 Å². The maximum atomic E-state index is 14.8. The van der Waals surface area contributed by atoms with Crippen molar-refractivity contribution in [1.82, 2.24) is 9.88 Å². The quantitative estimate of drug-likeness (QED) is 0.715. The number of para-hydroxylation sites is 1. The number of anilines is 1. The molecular formula is C24H26FN3O. The monoisotopic (exact) mass is 391 g/mol. The lowest BCUT2D eigenvalue weighted by atomic mass is 9.99. The first-order valence-corrected chi connectivity index (χ1v) is 10.0. The minimum absolute atomic E-state index is 0.294. The van der Waals surface area contributed by atoms with Gasteiger partial charge in [0.15, 0.2) is 0 Å². The van der Waals surface area contributed by atoms with E-state index < -0.39 is 6.10 Å². The van der Waals surface area contributed by atoms with Crippen molar-refractivity contribution in [1.29, 1.82) is 0 Å². The van der Waals surface area contributed by atoms with Gasteiger partial charge in [-0.1, -0.05) is 48.0 Å². The highest BCUT2D eigenvalue weighted by atomic mass is 19.1. The number of hydrogen-bond donors (Lipinski definition) is 1. The first-order chi connectivity index (χ1) is 14.1. The molecule has 0 amide bonds. The summed E-state index contributed by atoms with van der Waals surface area (Å²) in [6.45, 7) is 6.14. The van der Waals surface area contributed by atoms with E-state index in [0.717, 1.165) is 32.7 Å². The lowest BCUT2D eigenvalue weighted by Gasteiger charge is -2.37. The Morgan fingerprint density at radius 3 is 2.45 bits per heavy atom. The van der Waals surface area contributed by atoms with Gasteiger partial charge in [0.1, 0.15) is 11.9 Å². The van der Waals surface area contributed by atoms with Crippen LogP contribution >= 0.6 is 0 Å². The first-order valence-electron chi connectivity index (χ1n) is 10.0. The van der Waals surface area contributed by atoms with Gasteiger partial charge in [-0.2, -0.15) is 0 Å². The Bertz CT molecular complexity index is 938. The van der Waals surface area contributed by atoms with Crippen LogP contribution in [-0.2, 0) is 6.54 Å². The molecule has 4 rings (SSSR count). The summed E-state index contributed by atoms with van der Waals surface area (Å²) in [4.78, 5) is 8.52. The van der Waals surface area contributed by atoms with Gasteiger partial charge in [0.25, 0.3) is 0 Å². The third-order valence-corrected chi connectivity index (χ3v) is 5.53. The van der Waals surface area contributed by atoms with Crippen LogP contribution in [0.25, 0.3) is 0 Å². The molecule has 0 saturated carbocycles. The molecule has 1 aliphatic heterocycles. The van der Waals surface area contributed by atoms with Crippen LogP contribution in [0.3, 0.4) is 0 Å². The van der Waals surface area contributed by atoms with Crippen LogP contribution < -0.4 is 4.90 Å². The summed E-state index contributed by atoms with van der Waals surface area (Å²) >= 11 is 0. The van der Waals surface area contributed by atoms with Crippen LogP contribution in [0.1, 0.15) is 28.4 Å². The van der Waals surface area contributed by atoms with Crippen molar-refractivity contribution in [3.8, 4) is 0 Å². The fraction of sp³-hybridized carbons (Fsp3) is 0.292. The van der Waals surface area contributed by atoms with E-state index in [1.165, 1.54) is 17.2 Å². The molecule has 0 bridgehead atoms. The summed E-state index contributed by atoms with van der Waals surface area (Å²) in [6, 6.07) is 17.1. The standard InChI is InChI=1S/C24H26FN3O/c1-18-7-9-19(10-8-18)17-27-12-14-28(15-13-27)23-21(5-2-6-22(23)25)24(29)20-4-3-11-26-16-20/h2-11,16,24,29H,12-15,17H2,1H3. The number of rotatable bonds is 5. The Balaban J connectivity index is 1.49. The zero-order chi connectivity index (χ0) is 20.2. The molecular weight excluding hydrogens is 365 g/mol. The van der Waals surface area contributed by atoms with Crippen molar-refractivity contribution in [2.45, 2.75) is 19.6 Å². The van der Waals surface area contributed by atoms with E-state index in [-0.39, 0.29) is 5.82 Å². The van der Waals surface area contributed by atoms with E-state index in [1.807, 2.05) is 6.07 Å². The maximum Gasteiger partial charge on any atom is 0.146 e. The topological polar surface area (TPSA) is 39.6 Å². The second-order valence-corrected chi connectivity index (χ2v) is 7.62. The number of aryl methyl sites for hydroxylation is 1. The Morgan fingerprint density at radius 2 is 1.76 bits per heavy atom. The number of piperazine rings is 1. The molecule has 1 saturated heterocycles. The molecule has 150 valence electrons. The molecule has 0 aliphatic carbocycles. The minimum Gasteiger partial charge on any atom is -0.384 e. The lowest BCUT2D eigenvalue weighted by molar-refractivity contribution is 0.218. The Morgan fingerprint density at radius 1 is 1.00 bits per heavy atom. The van der Waals surface area contributed by atoms with Gasteiger partial charge in [-0.15, -0.1) is 0 Å². The molecule has 1 fully saturated rings. The number of aromatic nitrogens is 1. The largest absolute Gasteiger partial charge is 0.384 e. The van der Waals surface area contributed by atoms with Gasteiger partial charge < -0.3 is 10.0 Å². The normalized spacial score (nSPS) is 16.0. The Labute approximate surface area is 171 Å². The summed E-state index contributed by atoms with van der Waals surface area (Å²) in [5.41, 5.74) is 4.31. The minimum atomic E-state index is -0.903. The molecule has 1 aromatic heterocycles. The highest BCUT2D eigenvalue weighted by molar-refractivity contribution is 5.58. The van der Waals surface area contributed by atoms with Gasteiger partial charge in [0.2, 0.25) is 0 Å². The van der Waals surface area contributed by atoms with Gasteiger partial charge >= 0.3 is 0 Å². The molecule has 5 heteroatoms. The third-order valence-electron chi connectivity index (χ3n) is 5.53. The van der Waals surface area contributed by atoms with E-state index in [1.54, 1.807) is 30.6 Å². The SMILES string of the molecule is Cc1ccc(CN2CCN(c3c(F)cccc3C(O)c3cccnc3)CC2)cc1. The highest BCUT2D eigenvalue weighted by Crippen LogP contribution is 2.33. The zero-order valence-electron chi connectivity index (χ0n) is 16.6. The molecule has 29 heavy (non-hydrogen) atoms. The zero-order valence-corrected chi connectivity index (χ0v) is 16.6. The lowest BCUT2D eigenvalue weighted by Crippen LogP contribution is -2.46. The average molecular weight is 391 g/mol. The fourth-order valence-electron chi connectivity index (χ4n) is 3.88. The number of nitrogens with zero attached hydrogens (tertiary/aromatic N) is 3. The number of aliphatic hydroxyl groups is 1. The van der Waals surface area contributed by atoms with E-state index in [9.17, 15) is 9.50 Å². The third kappa shape index (κ3) is 4.47. The summed E-state index contributed by atoms with van der Waals surface area (Å²) in [5.74, 6) is -0.294. The molecule has 1 unspecified atom stereocenters. The van der Waals surface area contributed by atoms with Gasteiger partial charge in [0, 0.05) is 56.2 Å². The molecule has 1 N–H and O–H groups in total. The molecule has 4 nitrogen and oxygen atoms in total. The van der Waals surface area contributed by atoms with Crippen molar-refractivity contribution in [2.75, 3.05) is 31.1 Å². The van der Waals surface area contributed by atoms with Gasteiger partial charge in [0.05, 0.1) is 5.69 Å². The highest BCUT2D eigenvalue weighted by Gasteiger charge is 2.25. The smallest absolute Gasteiger partial charge is 0.146 e. The van der Waals surface area contributed by atoms with E-state index in [0.29, 0.717) is 16.8 Å². The van der Waals surface area contributed by atoms with E-state index in [2.05, 4.69) is 46.0 Å². The van der Waals surface area contributed by atoms with Crippen LogP contribution in [0.15, 0.2) is 67.0 Å². The second-order valence-electron chi connectivity index (χ2n) is 7.62. The van der Waals surface area contributed by atoms with Crippen LogP contribution in [0.5, 0.6) is 0 Å². The van der Waals surface area contributed by atoms with Crippen LogP contribution in [-0.4, -0.2) is 41.2 Å². The molecule has 3 aromatic rings. The molecule has 2 heterocycles. The van der Waals surface area contributed by atoms with Gasteiger partial charge in [-0.25, -0.2) is 4.39 Å². The fourth-order valence-corrected chi connectivity index (χ4v) is 3.88. The molecule has 0 radical (unpaired) electrons. The Hall–Kier alpha value is -2.76. The Kier molecular flexibility index (Phi) is 5.88. The van der Waals surface area contributed by atoms with Crippen molar-refractivity contribution >= 4 is 5.69 Å². The maximum absolute atomic E-state index is 14.8. The summed E-state index contributed by atoms with van der Waals surface area (Å²) < 4.78 is 14.8. The summed E-state index contributed by atoms with van der Waals surface area (Å²) in [7, 11) is 0. The first kappa shape index (κ1) is 19.6. The summed E-state index contributed by atoms with van der Waals surface area (Å²) in [6.07, 6.45) is 2.38. The second kappa shape index (κ2) is 8.72. The van der Waals surface area contributed by atoms with Crippen LogP contribution in [0.2, 0.25) is 0 Å². The van der Waals surface area contributed by atoms with E-state index >= 15 is 0 Å². The number of aliphatic hydroxyl groups excluding tert-OH is 1. The number of benzene rings is 2. The van der Waals surface area contributed by atoms with Gasteiger partial charge in [-0.3, -0.25) is 9.88 Å². The van der Waals surface area contributed by atoms with Gasteiger partial charge in [-0.05, 0) is 24.6 Å². The molecule has 2 aromatic carbocycles. The van der Waals surface area contributed by atoms with Crippen molar-refractivity contribution in [3.05, 3.63) is 95.1 Å². The number of pyridine rings is 1.